The van der Waals surface area contributed by atoms with E-state index in [1.54, 1.807) is 0 Å². The zero-order chi connectivity index (χ0) is 18.2. The van der Waals surface area contributed by atoms with Crippen molar-refractivity contribution in [2.24, 2.45) is 5.73 Å². The molecular weight excluding hydrogens is 318 g/mol. The topological polar surface area (TPSA) is 101 Å². The molecule has 0 aliphatic heterocycles. The Morgan fingerprint density at radius 1 is 1.24 bits per heavy atom. The van der Waals surface area contributed by atoms with Gasteiger partial charge in [-0.2, -0.15) is 0 Å². The molecule has 1 aromatic carbocycles. The number of fused-ring (bicyclic) bond motifs is 1. The maximum Gasteiger partial charge on any atom is 0.243 e. The maximum atomic E-state index is 12.6. The van der Waals surface area contributed by atoms with Gasteiger partial charge in [-0.1, -0.05) is 31.2 Å². The van der Waals surface area contributed by atoms with E-state index in [0.717, 1.165) is 30.4 Å². The first-order chi connectivity index (χ1) is 12.1. The van der Waals surface area contributed by atoms with E-state index < -0.39 is 12.0 Å². The van der Waals surface area contributed by atoms with Crippen LogP contribution in [0.3, 0.4) is 0 Å². The Morgan fingerprint density at radius 3 is 2.68 bits per heavy atom. The van der Waals surface area contributed by atoms with Crippen LogP contribution in [0.15, 0.2) is 24.3 Å². The number of benzene rings is 1. The lowest BCUT2D eigenvalue weighted by atomic mass is 9.82. The van der Waals surface area contributed by atoms with Crippen LogP contribution in [0.25, 0.3) is 0 Å². The summed E-state index contributed by atoms with van der Waals surface area (Å²) in [6.07, 6.45) is 3.80. The van der Waals surface area contributed by atoms with Crippen molar-refractivity contribution in [3.05, 3.63) is 35.4 Å². The van der Waals surface area contributed by atoms with Crippen LogP contribution in [0.5, 0.6) is 0 Å². The Balaban J connectivity index is 2.12. The van der Waals surface area contributed by atoms with Crippen LogP contribution < -0.4 is 16.4 Å². The molecule has 0 radical (unpaired) electrons. The minimum atomic E-state index is -0.630. The number of aryl methyl sites for hydroxylation is 1. The van der Waals surface area contributed by atoms with Crippen LogP contribution in [0, 0.1) is 0 Å². The van der Waals surface area contributed by atoms with E-state index >= 15 is 0 Å². The van der Waals surface area contributed by atoms with E-state index in [0.29, 0.717) is 12.8 Å². The van der Waals surface area contributed by atoms with Gasteiger partial charge >= 0.3 is 0 Å². The summed E-state index contributed by atoms with van der Waals surface area (Å²) in [6.45, 7) is 1.84. The average Bonchev–Trinajstić information content (AvgIpc) is 2.60. The third-order valence-electron chi connectivity index (χ3n) is 4.66. The predicted octanol–water partition coefficient (Wildman–Crippen LogP) is 1.38. The molecule has 2 amide bonds. The molecular formula is C19H27N3O3. The van der Waals surface area contributed by atoms with Crippen molar-refractivity contribution in [2.45, 2.75) is 57.4 Å². The smallest absolute Gasteiger partial charge is 0.243 e. The Labute approximate surface area is 148 Å². The van der Waals surface area contributed by atoms with Gasteiger partial charge in [0.05, 0.1) is 12.6 Å². The summed E-state index contributed by atoms with van der Waals surface area (Å²) >= 11 is 0. The minimum Gasteiger partial charge on any atom is -0.344 e. The molecule has 136 valence electrons. The second-order valence-corrected chi connectivity index (χ2v) is 6.40. The molecule has 0 heterocycles. The first-order valence-corrected chi connectivity index (χ1v) is 8.94. The minimum absolute atomic E-state index is 0.0275. The van der Waals surface area contributed by atoms with E-state index in [4.69, 9.17) is 5.73 Å². The zero-order valence-corrected chi connectivity index (χ0v) is 14.7. The number of carbonyl (C=O) groups is 3. The molecule has 2 rings (SSSR count). The molecule has 1 aliphatic carbocycles. The summed E-state index contributed by atoms with van der Waals surface area (Å²) in [5.41, 5.74) is 7.40. The summed E-state index contributed by atoms with van der Waals surface area (Å²) in [5, 5.41) is 5.23. The highest BCUT2D eigenvalue weighted by molar-refractivity contribution is 5.93. The Hall–Kier alpha value is -2.21. The van der Waals surface area contributed by atoms with Gasteiger partial charge in [-0.3, -0.25) is 14.4 Å². The van der Waals surface area contributed by atoms with Crippen molar-refractivity contribution < 1.29 is 14.4 Å². The van der Waals surface area contributed by atoms with Gasteiger partial charge in [0.2, 0.25) is 11.8 Å². The van der Waals surface area contributed by atoms with E-state index in [2.05, 4.69) is 10.6 Å². The lowest BCUT2D eigenvalue weighted by Gasteiger charge is -2.23. The van der Waals surface area contributed by atoms with E-state index in [9.17, 15) is 14.4 Å². The molecule has 1 aliphatic rings. The number of rotatable bonds is 6. The number of hydrogen-bond acceptors (Lipinski definition) is 4. The van der Waals surface area contributed by atoms with Gasteiger partial charge in [0.1, 0.15) is 11.8 Å². The van der Waals surface area contributed by atoms with Gasteiger partial charge in [-0.05, 0) is 36.8 Å². The fourth-order valence-corrected chi connectivity index (χ4v) is 3.30. The highest BCUT2D eigenvalue weighted by Crippen LogP contribution is 2.29. The number of Topliss-reactive ketones (excluding diaryl/α,β-unsaturated/α-hetero) is 1. The van der Waals surface area contributed by atoms with Crippen molar-refractivity contribution in [3.8, 4) is 0 Å². The number of ketones is 1. The van der Waals surface area contributed by atoms with Crippen molar-refractivity contribution in [1.29, 1.82) is 0 Å². The molecule has 6 nitrogen and oxygen atoms in total. The number of carbonyl (C=O) groups excluding carboxylic acids is 3. The van der Waals surface area contributed by atoms with Crippen LogP contribution >= 0.6 is 0 Å². The Morgan fingerprint density at radius 2 is 1.96 bits per heavy atom. The van der Waals surface area contributed by atoms with Crippen molar-refractivity contribution >= 4 is 17.6 Å². The van der Waals surface area contributed by atoms with Crippen LogP contribution in [0.2, 0.25) is 0 Å². The second kappa shape index (κ2) is 9.32. The molecule has 0 aromatic heterocycles. The fraction of sp³-hybridized carbons (Fsp3) is 0.526. The first-order valence-electron chi connectivity index (χ1n) is 8.94. The second-order valence-electron chi connectivity index (χ2n) is 6.40. The largest absolute Gasteiger partial charge is 0.344 e. The summed E-state index contributed by atoms with van der Waals surface area (Å²) in [7, 11) is 0. The average molecular weight is 345 g/mol. The lowest BCUT2D eigenvalue weighted by Crippen LogP contribution is -2.48. The number of nitrogens with one attached hydrogen (secondary N) is 2. The summed E-state index contributed by atoms with van der Waals surface area (Å²) in [5.74, 6) is -0.927. The quantitative estimate of drug-likeness (QED) is 0.678. The number of nitrogens with two attached hydrogens (primary N) is 1. The molecule has 0 saturated heterocycles. The highest BCUT2D eigenvalue weighted by Gasteiger charge is 2.28. The highest BCUT2D eigenvalue weighted by atomic mass is 16.2. The summed E-state index contributed by atoms with van der Waals surface area (Å²) in [6, 6.07) is 7.21. The molecule has 0 spiro atoms. The van der Waals surface area contributed by atoms with Crippen LogP contribution in [0.1, 0.15) is 56.1 Å². The van der Waals surface area contributed by atoms with E-state index in [1.165, 1.54) is 0 Å². The molecule has 4 N–H and O–H groups in total. The number of amides is 2. The van der Waals surface area contributed by atoms with Gasteiger partial charge in [-0.25, -0.2) is 0 Å². The lowest BCUT2D eigenvalue weighted by molar-refractivity contribution is -0.130. The fourth-order valence-electron chi connectivity index (χ4n) is 3.30. The predicted molar refractivity (Wildman–Crippen MR) is 95.8 cm³/mol. The molecule has 0 saturated carbocycles. The van der Waals surface area contributed by atoms with Gasteiger partial charge in [0.25, 0.3) is 0 Å². The zero-order valence-electron chi connectivity index (χ0n) is 14.7. The van der Waals surface area contributed by atoms with Crippen LogP contribution in [-0.4, -0.2) is 30.3 Å². The van der Waals surface area contributed by atoms with Crippen LogP contribution in [-0.2, 0) is 20.8 Å². The van der Waals surface area contributed by atoms with Gasteiger partial charge in [0.15, 0.2) is 0 Å². The molecule has 0 fully saturated rings. The van der Waals surface area contributed by atoms with Crippen molar-refractivity contribution in [3.63, 3.8) is 0 Å². The standard InChI is InChI=1S/C19H27N3O3/c1-2-16(19(25)21-12-20)22-18(24)11-15-14-9-5-3-7-13(14)8-4-6-10-17(15)23/h3,5,7,9,15-16H,2,4,6,8,10-12,20H2,1H3,(H,21,25)(H,22,24). The third-order valence-corrected chi connectivity index (χ3v) is 4.66. The molecule has 25 heavy (non-hydrogen) atoms. The van der Waals surface area contributed by atoms with Gasteiger partial charge < -0.3 is 16.4 Å². The maximum absolute atomic E-state index is 12.6. The molecule has 2 atom stereocenters. The third kappa shape index (κ3) is 5.13. The number of hydrogen-bond donors (Lipinski definition) is 3. The molecule has 2 unspecified atom stereocenters. The van der Waals surface area contributed by atoms with Crippen LogP contribution in [0.4, 0.5) is 0 Å². The molecule has 1 aromatic rings. The van der Waals surface area contributed by atoms with Gasteiger partial charge in [0, 0.05) is 12.8 Å². The summed E-state index contributed by atoms with van der Waals surface area (Å²) < 4.78 is 0. The van der Waals surface area contributed by atoms with Crippen molar-refractivity contribution in [2.75, 3.05) is 6.67 Å². The molecule has 6 heteroatoms. The Kier molecular flexibility index (Phi) is 7.13. The SMILES string of the molecule is CCC(NC(=O)CC1C(=O)CCCCc2ccccc21)C(=O)NCN. The monoisotopic (exact) mass is 345 g/mol. The Bertz CT molecular complexity index is 630. The van der Waals surface area contributed by atoms with Crippen molar-refractivity contribution in [1.82, 2.24) is 10.6 Å². The van der Waals surface area contributed by atoms with E-state index in [-0.39, 0.29) is 30.7 Å². The normalized spacial score (nSPS) is 18.5. The van der Waals surface area contributed by atoms with E-state index in [1.807, 2.05) is 31.2 Å². The summed E-state index contributed by atoms with van der Waals surface area (Å²) in [4.78, 5) is 36.9. The molecule has 0 bridgehead atoms. The first kappa shape index (κ1) is 19.1. The van der Waals surface area contributed by atoms with Gasteiger partial charge in [-0.15, -0.1) is 0 Å².